The van der Waals surface area contributed by atoms with Crippen LogP contribution in [0, 0.1) is 0 Å². The van der Waals surface area contributed by atoms with Crippen LogP contribution in [0.4, 0.5) is 0 Å². The first-order valence-electron chi connectivity index (χ1n) is 3.94. The van der Waals surface area contributed by atoms with Gasteiger partial charge in [0.15, 0.2) is 0 Å². The Bertz CT molecular complexity index is 295. The third-order valence-corrected chi connectivity index (χ3v) is 1.79. The molecule has 13 heavy (non-hydrogen) atoms. The van der Waals surface area contributed by atoms with Gasteiger partial charge in [0.1, 0.15) is 11.5 Å². The molecular weight excluding hydrogens is 175 g/mol. The van der Waals surface area contributed by atoms with Crippen LogP contribution < -0.4 is 29.6 Å². The predicted octanol–water partition coefficient (Wildman–Crippen LogP) is -0.488. The minimum atomic E-state index is -0.136. The molecule has 1 aromatic carbocycles. The molecule has 0 fully saturated rings. The van der Waals surface area contributed by atoms with Crippen molar-refractivity contribution in [3.63, 3.8) is 0 Å². The van der Waals surface area contributed by atoms with Crippen LogP contribution in [0.15, 0.2) is 18.2 Å². The summed E-state index contributed by atoms with van der Waals surface area (Å²) >= 11 is 0. The zero-order valence-electron chi connectivity index (χ0n) is 9.63. The average Bonchev–Trinajstić information content (AvgIpc) is 1.92. The molecule has 0 spiro atoms. The van der Waals surface area contributed by atoms with Gasteiger partial charge in [0.2, 0.25) is 0 Å². The molecule has 1 rings (SSSR count). The zero-order chi connectivity index (χ0) is 9.35. The summed E-state index contributed by atoms with van der Waals surface area (Å²) in [6, 6.07) is 4.58. The summed E-state index contributed by atoms with van der Waals surface area (Å²) in [4.78, 5) is 0. The number of phenols is 2. The summed E-state index contributed by atoms with van der Waals surface area (Å²) in [5.41, 5.74) is 0.630. The van der Waals surface area contributed by atoms with Crippen molar-refractivity contribution in [3.8, 4) is 11.5 Å². The SMILES string of the molecule is CC(C)(C)c1cc(O)ccc1O.[H-].[Na+]. The maximum atomic E-state index is 9.46. The molecule has 0 heterocycles. The molecule has 0 aliphatic heterocycles. The van der Waals surface area contributed by atoms with Gasteiger partial charge in [0, 0.05) is 5.56 Å². The van der Waals surface area contributed by atoms with E-state index in [1.807, 2.05) is 20.8 Å². The van der Waals surface area contributed by atoms with Crippen LogP contribution in [-0.2, 0) is 5.41 Å². The Labute approximate surface area is 102 Å². The van der Waals surface area contributed by atoms with Crippen LogP contribution in [0.25, 0.3) is 0 Å². The maximum Gasteiger partial charge on any atom is 1.00 e. The number of hydrogen-bond acceptors (Lipinski definition) is 2. The normalized spacial score (nSPS) is 10.7. The average molecular weight is 190 g/mol. The molecule has 68 valence electrons. The van der Waals surface area contributed by atoms with Crippen molar-refractivity contribution in [2.45, 2.75) is 26.2 Å². The van der Waals surface area contributed by atoms with Crippen molar-refractivity contribution in [2.75, 3.05) is 0 Å². The van der Waals surface area contributed by atoms with Gasteiger partial charge in [-0.1, -0.05) is 20.8 Å². The molecule has 1 aromatic rings. The third-order valence-electron chi connectivity index (χ3n) is 1.79. The number of rotatable bonds is 0. The van der Waals surface area contributed by atoms with Gasteiger partial charge in [-0.25, -0.2) is 0 Å². The smallest absolute Gasteiger partial charge is 1.00 e. The minimum absolute atomic E-state index is 0. The first-order valence-corrected chi connectivity index (χ1v) is 3.94. The zero-order valence-corrected chi connectivity index (χ0v) is 10.6. The first kappa shape index (κ1) is 12.8. The largest absolute Gasteiger partial charge is 1.00 e. The van der Waals surface area contributed by atoms with E-state index in [-0.39, 0.29) is 47.9 Å². The monoisotopic (exact) mass is 190 g/mol. The quantitative estimate of drug-likeness (QED) is 0.428. The Balaban J connectivity index is 0. The molecule has 0 saturated heterocycles. The van der Waals surface area contributed by atoms with Gasteiger partial charge in [-0.15, -0.1) is 0 Å². The molecule has 2 N–H and O–H groups in total. The van der Waals surface area contributed by atoms with E-state index in [1.165, 1.54) is 12.1 Å². The molecule has 3 heteroatoms. The van der Waals surface area contributed by atoms with Gasteiger partial charge < -0.3 is 11.6 Å². The summed E-state index contributed by atoms with van der Waals surface area (Å²) in [6.45, 7) is 5.96. The summed E-state index contributed by atoms with van der Waals surface area (Å²) in [5, 5.41) is 18.6. The molecule has 0 saturated carbocycles. The van der Waals surface area contributed by atoms with E-state index in [0.717, 1.165) is 5.56 Å². The Morgan fingerprint density at radius 3 is 2.08 bits per heavy atom. The van der Waals surface area contributed by atoms with Gasteiger partial charge in [0.25, 0.3) is 0 Å². The van der Waals surface area contributed by atoms with Crippen molar-refractivity contribution in [1.29, 1.82) is 0 Å². The fraction of sp³-hybridized carbons (Fsp3) is 0.400. The van der Waals surface area contributed by atoms with Crippen LogP contribution in [0.2, 0.25) is 0 Å². The number of benzene rings is 1. The van der Waals surface area contributed by atoms with E-state index >= 15 is 0 Å². The first-order chi connectivity index (χ1) is 5.41. The second kappa shape index (κ2) is 4.36. The molecule has 0 atom stereocenters. The minimum Gasteiger partial charge on any atom is -1.00 e. The van der Waals surface area contributed by atoms with Crippen molar-refractivity contribution in [3.05, 3.63) is 23.8 Å². The van der Waals surface area contributed by atoms with Crippen molar-refractivity contribution < 1.29 is 41.2 Å². The van der Waals surface area contributed by atoms with E-state index in [1.54, 1.807) is 6.07 Å². The summed E-state index contributed by atoms with van der Waals surface area (Å²) in [5.74, 6) is 0.429. The van der Waals surface area contributed by atoms with Crippen LogP contribution in [0.5, 0.6) is 11.5 Å². The Kier molecular flexibility index (Phi) is 4.30. The van der Waals surface area contributed by atoms with E-state index in [2.05, 4.69) is 0 Å². The number of phenolic OH excluding ortho intramolecular Hbond substituents is 2. The van der Waals surface area contributed by atoms with Gasteiger partial charge in [-0.05, 0) is 23.6 Å². The fourth-order valence-corrected chi connectivity index (χ4v) is 1.12. The molecule has 0 unspecified atom stereocenters. The van der Waals surface area contributed by atoms with E-state index in [4.69, 9.17) is 0 Å². The van der Waals surface area contributed by atoms with Gasteiger partial charge in [-0.3, -0.25) is 0 Å². The van der Waals surface area contributed by atoms with Gasteiger partial charge >= 0.3 is 29.6 Å². The van der Waals surface area contributed by atoms with Crippen molar-refractivity contribution in [2.24, 2.45) is 0 Å². The van der Waals surface area contributed by atoms with Gasteiger partial charge in [-0.2, -0.15) is 0 Å². The topological polar surface area (TPSA) is 40.5 Å². The van der Waals surface area contributed by atoms with Gasteiger partial charge in [0.05, 0.1) is 0 Å². The van der Waals surface area contributed by atoms with Crippen LogP contribution >= 0.6 is 0 Å². The maximum absolute atomic E-state index is 9.46. The standard InChI is InChI=1S/C10H14O2.Na.H/c1-10(2,3)8-6-7(11)4-5-9(8)12;;/h4-6,11-12H,1-3H3;;/q;+1;-1. The predicted molar refractivity (Wildman–Crippen MR) is 49.6 cm³/mol. The molecule has 2 nitrogen and oxygen atoms in total. The molecule has 0 radical (unpaired) electrons. The van der Waals surface area contributed by atoms with Crippen LogP contribution in [0.3, 0.4) is 0 Å². The molecule has 0 amide bonds. The second-order valence-electron chi connectivity index (χ2n) is 3.95. The fourth-order valence-electron chi connectivity index (χ4n) is 1.12. The third kappa shape index (κ3) is 3.22. The van der Waals surface area contributed by atoms with Crippen LogP contribution in [-0.4, -0.2) is 10.2 Å². The summed E-state index contributed by atoms with van der Waals surface area (Å²) < 4.78 is 0. The summed E-state index contributed by atoms with van der Waals surface area (Å²) in [6.07, 6.45) is 0. The Morgan fingerprint density at radius 2 is 1.69 bits per heavy atom. The Hall–Kier alpha value is -0.180. The van der Waals surface area contributed by atoms with E-state index in [0.29, 0.717) is 0 Å². The number of aromatic hydroxyl groups is 2. The van der Waals surface area contributed by atoms with Crippen molar-refractivity contribution in [1.82, 2.24) is 0 Å². The second-order valence-corrected chi connectivity index (χ2v) is 3.95. The van der Waals surface area contributed by atoms with E-state index in [9.17, 15) is 10.2 Å². The molecule has 0 aromatic heterocycles. The summed E-state index contributed by atoms with van der Waals surface area (Å²) in [7, 11) is 0. The molecular formula is C10H15NaO2. The number of hydrogen-bond donors (Lipinski definition) is 2. The molecule has 0 aliphatic rings. The van der Waals surface area contributed by atoms with E-state index < -0.39 is 0 Å². The molecule has 0 aliphatic carbocycles. The van der Waals surface area contributed by atoms with Crippen LogP contribution in [0.1, 0.15) is 27.8 Å². The Morgan fingerprint density at radius 1 is 1.15 bits per heavy atom. The molecule has 0 bridgehead atoms. The van der Waals surface area contributed by atoms with Crippen molar-refractivity contribution >= 4 is 0 Å².